The SMILES string of the molecule is [B]C([B])(O)CONC(=O)c1cc2c(ncn2C)c(F)c1NC(=[B])/C(Cl)=C\C(Br)=C/C. The van der Waals surface area contributed by atoms with Gasteiger partial charge in [0.25, 0.3) is 0 Å². The molecule has 3 N–H and O–H groups in total. The van der Waals surface area contributed by atoms with E-state index in [9.17, 15) is 9.90 Å². The first-order chi connectivity index (χ1) is 13.9. The molecule has 5 radical (unpaired) electrons. The molecule has 0 bridgehead atoms. The molecule has 151 valence electrons. The second-order valence-electron chi connectivity index (χ2n) is 6.25. The van der Waals surface area contributed by atoms with Crippen LogP contribution in [0.4, 0.5) is 10.1 Å². The molecule has 0 spiro atoms. The van der Waals surface area contributed by atoms with Crippen molar-refractivity contribution in [3.05, 3.63) is 45.4 Å². The van der Waals surface area contributed by atoms with Crippen LogP contribution in [0.2, 0.25) is 0 Å². The Balaban J connectivity index is 2.44. The monoisotopic (exact) mass is 489 g/mol. The Morgan fingerprint density at radius 1 is 1.53 bits per heavy atom. The number of benzene rings is 1. The number of aliphatic hydroxyl groups is 1. The van der Waals surface area contributed by atoms with Crippen LogP contribution in [-0.2, 0) is 11.9 Å². The molecular formula is C17H15B3BrClFN4O3. The van der Waals surface area contributed by atoms with Gasteiger partial charge in [-0.05, 0) is 0 Å². The molecule has 1 amide bonds. The second kappa shape index (κ2) is 9.95. The van der Waals surface area contributed by atoms with Crippen molar-refractivity contribution in [3.8, 4) is 0 Å². The molecule has 30 heavy (non-hydrogen) atoms. The third kappa shape index (κ3) is 6.07. The zero-order valence-electron chi connectivity index (χ0n) is 16.0. The summed E-state index contributed by atoms with van der Waals surface area (Å²) in [6, 6.07) is 1.39. The summed E-state index contributed by atoms with van der Waals surface area (Å²) in [6.45, 7) is 1.16. The van der Waals surface area contributed by atoms with Crippen LogP contribution in [0.25, 0.3) is 11.0 Å². The molecule has 0 fully saturated rings. The Morgan fingerprint density at radius 2 is 2.20 bits per heavy atom. The molecule has 1 heterocycles. The fraction of sp³-hybridized carbons (Fsp3) is 0.235. The molecule has 1 aromatic heterocycles. The van der Waals surface area contributed by atoms with E-state index >= 15 is 4.39 Å². The predicted molar refractivity (Wildman–Crippen MR) is 122 cm³/mol. The topological polar surface area (TPSA) is 88.4 Å². The quantitative estimate of drug-likeness (QED) is 0.297. The Morgan fingerprint density at radius 3 is 2.80 bits per heavy atom. The molecule has 13 heteroatoms. The van der Waals surface area contributed by atoms with Gasteiger partial charge in [0.2, 0.25) is 0 Å². The number of amides is 1. The summed E-state index contributed by atoms with van der Waals surface area (Å²) in [5.41, 5.74) is 1.83. The van der Waals surface area contributed by atoms with E-state index in [2.05, 4.69) is 26.2 Å². The molecule has 0 aliphatic heterocycles. The molecule has 2 aromatic rings. The van der Waals surface area contributed by atoms with Crippen LogP contribution in [0.3, 0.4) is 0 Å². The van der Waals surface area contributed by atoms with E-state index in [1.165, 1.54) is 23.0 Å². The third-order valence-corrected chi connectivity index (χ3v) is 4.73. The van der Waals surface area contributed by atoms with Crippen molar-refractivity contribution >= 4 is 78.9 Å². The van der Waals surface area contributed by atoms with Crippen LogP contribution in [0, 0.1) is 5.82 Å². The van der Waals surface area contributed by atoms with Crippen LogP contribution in [0.15, 0.2) is 34.1 Å². The summed E-state index contributed by atoms with van der Waals surface area (Å²) in [6.07, 6.45) is 4.61. The summed E-state index contributed by atoms with van der Waals surface area (Å²) >= 11 is 9.40. The van der Waals surface area contributed by atoms with Crippen molar-refractivity contribution in [3.63, 3.8) is 0 Å². The summed E-state index contributed by atoms with van der Waals surface area (Å²) < 4.78 is 17.3. The Hall–Kier alpha value is -1.88. The number of hydrogen-bond acceptors (Lipinski definition) is 5. The van der Waals surface area contributed by atoms with Gasteiger partial charge in [-0.1, -0.05) is 0 Å². The predicted octanol–water partition coefficient (Wildman–Crippen LogP) is 1.49. The van der Waals surface area contributed by atoms with Gasteiger partial charge < -0.3 is 0 Å². The minimum atomic E-state index is -2.16. The number of rotatable bonds is 8. The number of carbonyl (C=O) groups excluding carboxylic acids is 1. The van der Waals surface area contributed by atoms with Crippen molar-refractivity contribution in [2.75, 3.05) is 11.9 Å². The van der Waals surface area contributed by atoms with E-state index in [0.29, 0.717) is 10.00 Å². The number of halogens is 3. The molecule has 0 saturated carbocycles. The van der Waals surface area contributed by atoms with Crippen LogP contribution in [-0.4, -0.2) is 61.3 Å². The first kappa shape index (κ1) is 24.4. The molecule has 2 rings (SSSR count). The fourth-order valence-electron chi connectivity index (χ4n) is 2.27. The number of hydrogen-bond donors (Lipinski definition) is 3. The molecule has 0 aliphatic rings. The van der Waals surface area contributed by atoms with Gasteiger partial charge in [-0.15, -0.1) is 0 Å². The molecule has 0 saturated heterocycles. The van der Waals surface area contributed by atoms with Crippen LogP contribution >= 0.6 is 27.5 Å². The average Bonchev–Trinajstić information content (AvgIpc) is 3.03. The van der Waals surface area contributed by atoms with Crippen LogP contribution in [0.5, 0.6) is 0 Å². The van der Waals surface area contributed by atoms with Crippen molar-refractivity contribution in [2.45, 2.75) is 12.3 Å². The number of hydroxylamine groups is 1. The molecule has 0 atom stereocenters. The maximum atomic E-state index is 15.2. The van der Waals surface area contributed by atoms with Gasteiger partial charge in [0, 0.05) is 0 Å². The van der Waals surface area contributed by atoms with E-state index in [-0.39, 0.29) is 27.4 Å². The number of nitrogens with zero attached hydrogens (tertiary/aromatic N) is 2. The third-order valence-electron chi connectivity index (χ3n) is 3.73. The van der Waals surface area contributed by atoms with E-state index in [0.717, 1.165) is 0 Å². The van der Waals surface area contributed by atoms with Gasteiger partial charge in [-0.2, -0.15) is 0 Å². The van der Waals surface area contributed by atoms with Crippen molar-refractivity contribution in [1.29, 1.82) is 0 Å². The number of aryl methyl sites for hydroxylation is 1. The number of aromatic nitrogens is 2. The van der Waals surface area contributed by atoms with Gasteiger partial charge in [0.1, 0.15) is 0 Å². The molecule has 1 aromatic carbocycles. The Kier molecular flexibility index (Phi) is 8.09. The van der Waals surface area contributed by atoms with E-state index < -0.39 is 23.7 Å². The number of nitrogens with one attached hydrogen (secondary N) is 2. The molecule has 0 aliphatic carbocycles. The summed E-state index contributed by atoms with van der Waals surface area (Å²) in [5.74, 6) is -1.68. The standard InChI is InChI=1S/C17H15B3BrClFN4O3/c1-3-8(21)4-10(22)15(18)25-13-9(16(28)26-30-6-17(19,20)29)5-11-14(12(13)23)24-7-27(11)2/h3-5,7,25,29H,6H2,1-2H3,(H,26,28)/b8-3+,10-4+. The molecule has 7 nitrogen and oxygen atoms in total. The summed E-state index contributed by atoms with van der Waals surface area (Å²) in [4.78, 5) is 21.4. The van der Waals surface area contributed by atoms with E-state index in [1.54, 1.807) is 20.0 Å². The second-order valence-corrected chi connectivity index (χ2v) is 7.57. The first-order valence-electron chi connectivity index (χ1n) is 8.39. The zero-order chi connectivity index (χ0) is 22.6. The summed E-state index contributed by atoms with van der Waals surface area (Å²) in [5, 5.41) is 9.78. The van der Waals surface area contributed by atoms with Crippen LogP contribution in [0.1, 0.15) is 17.3 Å². The minimum absolute atomic E-state index is 0.0123. The fourth-order valence-corrected chi connectivity index (χ4v) is 2.80. The first-order valence-corrected chi connectivity index (χ1v) is 9.56. The van der Waals surface area contributed by atoms with Gasteiger partial charge in [-0.3, -0.25) is 0 Å². The van der Waals surface area contributed by atoms with Gasteiger partial charge in [0.05, 0.1) is 0 Å². The number of carbonyl (C=O) groups is 1. The number of fused-ring (bicyclic) bond motifs is 1. The van der Waals surface area contributed by atoms with E-state index in [1.807, 2.05) is 5.48 Å². The molecule has 0 unspecified atom stereocenters. The zero-order valence-corrected chi connectivity index (χ0v) is 18.4. The van der Waals surface area contributed by atoms with Crippen molar-refractivity contribution in [2.24, 2.45) is 7.05 Å². The van der Waals surface area contributed by atoms with Gasteiger partial charge in [-0.25, -0.2) is 0 Å². The van der Waals surface area contributed by atoms with Crippen molar-refractivity contribution in [1.82, 2.24) is 15.0 Å². The number of anilines is 1. The van der Waals surface area contributed by atoms with Gasteiger partial charge >= 0.3 is 190 Å². The van der Waals surface area contributed by atoms with E-state index in [4.69, 9.17) is 39.6 Å². The van der Waals surface area contributed by atoms with Gasteiger partial charge in [0.15, 0.2) is 0 Å². The summed E-state index contributed by atoms with van der Waals surface area (Å²) in [7, 11) is 17.9. The number of imidazole rings is 1. The van der Waals surface area contributed by atoms with Crippen molar-refractivity contribution < 1.29 is 19.1 Å². The Labute approximate surface area is 189 Å². The maximum absolute atomic E-state index is 15.2. The van der Waals surface area contributed by atoms with Crippen LogP contribution < -0.4 is 10.8 Å². The molecular weight excluding hydrogens is 475 g/mol. The Bertz CT molecular complexity index is 1050. The normalized spacial score (nSPS) is 12.8. The average molecular weight is 490 g/mol. The number of allylic oxidation sites excluding steroid dienone is 3.